The predicted molar refractivity (Wildman–Crippen MR) is 124 cm³/mol. The van der Waals surface area contributed by atoms with Crippen molar-refractivity contribution < 1.29 is 23.4 Å². The van der Waals surface area contributed by atoms with Crippen molar-refractivity contribution in [2.75, 3.05) is 26.3 Å². The van der Waals surface area contributed by atoms with Gasteiger partial charge < -0.3 is 19.1 Å². The van der Waals surface area contributed by atoms with Crippen LogP contribution < -0.4 is 9.47 Å². The van der Waals surface area contributed by atoms with Crippen molar-refractivity contribution in [1.82, 2.24) is 4.90 Å². The minimum absolute atomic E-state index is 0.0244. The molecule has 6 heteroatoms. The van der Waals surface area contributed by atoms with Gasteiger partial charge in [-0.05, 0) is 31.9 Å². The number of carbonyl (C=O) groups excluding carboxylic acids is 1. The number of rotatable bonds is 2. The molecule has 0 N–H and O–H groups in total. The predicted octanol–water partition coefficient (Wildman–Crippen LogP) is 5.23. The second kappa shape index (κ2) is 8.52. The van der Waals surface area contributed by atoms with Crippen LogP contribution in [-0.4, -0.2) is 37.1 Å². The number of halogens is 1. The smallest absolute Gasteiger partial charge is 0.306 e. The molecule has 5 rings (SSSR count). The van der Waals surface area contributed by atoms with E-state index in [-0.39, 0.29) is 17.2 Å². The van der Waals surface area contributed by atoms with E-state index in [0.717, 1.165) is 28.7 Å². The molecule has 1 spiro atoms. The molecule has 0 bridgehead atoms. The van der Waals surface area contributed by atoms with E-state index in [2.05, 4.69) is 12.2 Å². The Bertz CT molecular complexity index is 1190. The first kappa shape index (κ1) is 21.5. The second-order valence-electron chi connectivity index (χ2n) is 8.39. The van der Waals surface area contributed by atoms with E-state index in [4.69, 9.17) is 14.2 Å². The van der Waals surface area contributed by atoms with Crippen LogP contribution in [0.15, 0.2) is 65.8 Å². The number of amides is 1. The zero-order chi connectivity index (χ0) is 23.0. The Kier molecular flexibility index (Phi) is 5.54. The van der Waals surface area contributed by atoms with E-state index >= 15 is 4.39 Å². The molecule has 0 radical (unpaired) electrons. The van der Waals surface area contributed by atoms with Gasteiger partial charge in [-0.3, -0.25) is 4.79 Å². The average Bonchev–Trinajstić information content (AvgIpc) is 3.20. The summed E-state index contributed by atoms with van der Waals surface area (Å²) >= 11 is 0. The van der Waals surface area contributed by atoms with E-state index in [1.54, 1.807) is 4.90 Å². The summed E-state index contributed by atoms with van der Waals surface area (Å²) in [5.41, 5.74) is 3.70. The molecular formula is C27H26FNO4. The third-order valence-electron chi connectivity index (χ3n) is 6.25. The molecule has 2 aromatic carbocycles. The molecule has 33 heavy (non-hydrogen) atoms. The van der Waals surface area contributed by atoms with E-state index in [9.17, 15) is 4.79 Å². The molecule has 1 aliphatic carbocycles. The fourth-order valence-electron chi connectivity index (χ4n) is 4.61. The Morgan fingerprint density at radius 1 is 1.12 bits per heavy atom. The minimum Gasteiger partial charge on any atom is -0.440 e. The topological polar surface area (TPSA) is 48.0 Å². The molecular weight excluding hydrogens is 421 g/mol. The Labute approximate surface area is 192 Å². The fraction of sp³-hybridized carbons (Fsp3) is 0.296. The molecule has 1 saturated heterocycles. The lowest BCUT2D eigenvalue weighted by Crippen LogP contribution is -2.41. The maximum absolute atomic E-state index is 15.1. The zero-order valence-corrected chi connectivity index (χ0v) is 18.8. The van der Waals surface area contributed by atoms with Gasteiger partial charge in [0.25, 0.3) is 5.91 Å². The molecule has 170 valence electrons. The van der Waals surface area contributed by atoms with Gasteiger partial charge in [0.1, 0.15) is 5.82 Å². The molecule has 1 amide bonds. The van der Waals surface area contributed by atoms with Crippen molar-refractivity contribution in [3.05, 3.63) is 88.3 Å². The SMILES string of the molecule is C/C=C\C1=C(/C)C/C=C\c2ccccc2C12Oc1cc(F)c(C(=O)N3CCOCC3)cc1O2. The summed E-state index contributed by atoms with van der Waals surface area (Å²) < 4.78 is 33.4. The highest BCUT2D eigenvalue weighted by Crippen LogP contribution is 2.51. The molecule has 2 aliphatic heterocycles. The van der Waals surface area contributed by atoms with Crippen molar-refractivity contribution in [2.24, 2.45) is 0 Å². The molecule has 1 fully saturated rings. The quantitative estimate of drug-likeness (QED) is 0.632. The van der Waals surface area contributed by atoms with Gasteiger partial charge in [0.2, 0.25) is 0 Å². The van der Waals surface area contributed by atoms with E-state index in [0.29, 0.717) is 32.1 Å². The Hall–Kier alpha value is -3.38. The average molecular weight is 448 g/mol. The molecule has 2 heterocycles. The molecule has 1 atom stereocenters. The van der Waals surface area contributed by atoms with Crippen LogP contribution in [0.2, 0.25) is 0 Å². The summed E-state index contributed by atoms with van der Waals surface area (Å²) in [6.45, 7) is 5.74. The Balaban J connectivity index is 1.62. The van der Waals surface area contributed by atoms with Crippen LogP contribution in [0.25, 0.3) is 6.08 Å². The number of carbonyl (C=O) groups is 1. The lowest BCUT2D eigenvalue weighted by molar-refractivity contribution is -0.0478. The first-order valence-electron chi connectivity index (χ1n) is 11.2. The zero-order valence-electron chi connectivity index (χ0n) is 18.8. The molecule has 3 aliphatic rings. The number of hydrogen-bond donors (Lipinski definition) is 0. The fourth-order valence-corrected chi connectivity index (χ4v) is 4.61. The van der Waals surface area contributed by atoms with Crippen LogP contribution >= 0.6 is 0 Å². The van der Waals surface area contributed by atoms with Gasteiger partial charge in [-0.25, -0.2) is 4.39 Å². The van der Waals surface area contributed by atoms with Gasteiger partial charge in [0.15, 0.2) is 11.5 Å². The number of hydrogen-bond acceptors (Lipinski definition) is 4. The van der Waals surface area contributed by atoms with E-state index in [1.165, 1.54) is 12.1 Å². The third kappa shape index (κ3) is 3.64. The molecule has 0 aromatic heterocycles. The standard InChI is InChI=1S/C27H26FNO4/c1-3-7-21-18(2)8-6-10-19-9-4-5-11-22(19)27(21)32-24-16-20(23(28)17-25(24)33-27)26(30)29-12-14-31-15-13-29/h3-7,9-11,16-17H,8,12-15H2,1-2H3/b7-3-,10-6-,21-18-. The molecule has 1 unspecified atom stereocenters. The van der Waals surface area contributed by atoms with Crippen molar-refractivity contribution >= 4 is 12.0 Å². The van der Waals surface area contributed by atoms with Crippen molar-refractivity contribution in [3.63, 3.8) is 0 Å². The number of benzene rings is 2. The van der Waals surface area contributed by atoms with Crippen LogP contribution in [-0.2, 0) is 10.5 Å². The van der Waals surface area contributed by atoms with Gasteiger partial charge in [-0.1, -0.05) is 54.1 Å². The number of fused-ring (bicyclic) bond motifs is 3. The summed E-state index contributed by atoms with van der Waals surface area (Å²) in [7, 11) is 0. The van der Waals surface area contributed by atoms with Gasteiger partial charge >= 0.3 is 5.79 Å². The molecule has 5 nitrogen and oxygen atoms in total. The third-order valence-corrected chi connectivity index (χ3v) is 6.25. The first-order valence-corrected chi connectivity index (χ1v) is 11.2. The second-order valence-corrected chi connectivity index (χ2v) is 8.39. The number of morpholine rings is 1. The minimum atomic E-state index is -1.27. The highest BCUT2D eigenvalue weighted by Gasteiger charge is 2.49. The van der Waals surface area contributed by atoms with Gasteiger partial charge in [-0.15, -0.1) is 0 Å². The van der Waals surface area contributed by atoms with Crippen LogP contribution in [0.3, 0.4) is 0 Å². The highest BCUT2D eigenvalue weighted by atomic mass is 19.1. The molecule has 2 aromatic rings. The van der Waals surface area contributed by atoms with Crippen LogP contribution in [0, 0.1) is 5.82 Å². The Morgan fingerprint density at radius 2 is 1.85 bits per heavy atom. The summed E-state index contributed by atoms with van der Waals surface area (Å²) in [6.07, 6.45) is 8.82. The number of allylic oxidation sites excluding steroid dienone is 3. The number of ether oxygens (including phenoxy) is 3. The van der Waals surface area contributed by atoms with Gasteiger partial charge in [0.05, 0.1) is 18.8 Å². The van der Waals surface area contributed by atoms with Gasteiger partial charge in [0, 0.05) is 30.3 Å². The largest absolute Gasteiger partial charge is 0.440 e. The van der Waals surface area contributed by atoms with Crippen LogP contribution in [0.4, 0.5) is 4.39 Å². The van der Waals surface area contributed by atoms with E-state index < -0.39 is 11.6 Å². The summed E-state index contributed by atoms with van der Waals surface area (Å²) in [4.78, 5) is 14.6. The maximum atomic E-state index is 15.1. The lowest BCUT2D eigenvalue weighted by Gasteiger charge is -2.33. The van der Waals surface area contributed by atoms with Gasteiger partial charge in [-0.2, -0.15) is 0 Å². The maximum Gasteiger partial charge on any atom is 0.306 e. The van der Waals surface area contributed by atoms with E-state index in [1.807, 2.05) is 50.3 Å². The normalized spacial score (nSPS) is 25.1. The van der Waals surface area contributed by atoms with Crippen molar-refractivity contribution in [3.8, 4) is 11.5 Å². The molecule has 0 saturated carbocycles. The van der Waals surface area contributed by atoms with Crippen molar-refractivity contribution in [2.45, 2.75) is 26.1 Å². The summed E-state index contributed by atoms with van der Waals surface area (Å²) in [5.74, 6) is -1.64. The summed E-state index contributed by atoms with van der Waals surface area (Å²) in [5, 5.41) is 0. The highest BCUT2D eigenvalue weighted by molar-refractivity contribution is 5.95. The van der Waals surface area contributed by atoms with Crippen LogP contribution in [0.1, 0.15) is 41.8 Å². The monoisotopic (exact) mass is 447 g/mol. The van der Waals surface area contributed by atoms with Crippen LogP contribution in [0.5, 0.6) is 11.5 Å². The summed E-state index contributed by atoms with van der Waals surface area (Å²) in [6, 6.07) is 10.6. The number of nitrogens with zero attached hydrogens (tertiary/aromatic N) is 1. The first-order chi connectivity index (χ1) is 16.0. The van der Waals surface area contributed by atoms with Crippen molar-refractivity contribution in [1.29, 1.82) is 0 Å². The lowest BCUT2D eigenvalue weighted by atomic mass is 9.86. The Morgan fingerprint density at radius 3 is 2.61 bits per heavy atom.